The number of likely N-dealkylation sites (N-methyl/N-ethyl adjacent to an activating group) is 1. The van der Waals surface area contributed by atoms with Crippen LogP contribution in [0.15, 0.2) is 18.3 Å². The summed E-state index contributed by atoms with van der Waals surface area (Å²) in [6.07, 6.45) is 3.13. The summed E-state index contributed by atoms with van der Waals surface area (Å²) in [5.41, 5.74) is 0.355. The van der Waals surface area contributed by atoms with Crippen LogP contribution in [-0.2, 0) is 4.79 Å². The molecular weight excluding hydrogens is 458 g/mol. The zero-order valence-corrected chi connectivity index (χ0v) is 19.9. The molecule has 2 aromatic heterocycles. The normalized spacial score (nSPS) is 25.9. The molecule has 0 aromatic carbocycles. The van der Waals surface area contributed by atoms with Crippen molar-refractivity contribution in [3.8, 4) is 17.1 Å². The van der Waals surface area contributed by atoms with Crippen molar-refractivity contribution < 1.29 is 23.1 Å². The van der Waals surface area contributed by atoms with Gasteiger partial charge in [0.1, 0.15) is 11.9 Å². The number of hydrogen-bond acceptors (Lipinski definition) is 6. The van der Waals surface area contributed by atoms with Crippen LogP contribution >= 0.6 is 0 Å². The molecule has 2 aliphatic heterocycles. The second-order valence-electron chi connectivity index (χ2n) is 9.93. The van der Waals surface area contributed by atoms with Gasteiger partial charge in [0, 0.05) is 42.7 Å². The van der Waals surface area contributed by atoms with Gasteiger partial charge < -0.3 is 19.9 Å². The van der Waals surface area contributed by atoms with Crippen molar-refractivity contribution in [2.24, 2.45) is 5.92 Å². The molecule has 1 unspecified atom stereocenters. The molecule has 0 radical (unpaired) electrons. The van der Waals surface area contributed by atoms with E-state index >= 15 is 0 Å². The molecule has 188 valence electrons. The number of methoxy groups -OCH3 is 1. The highest BCUT2D eigenvalue weighted by Gasteiger charge is 2.54. The maximum atomic E-state index is 14.3. The monoisotopic (exact) mass is 488 g/mol. The SMILES string of the molecule is COc1cc(-c2cc(C(=O)N3CCC(C(=O)N[C@H]4CN(C)CC[C@H]4F)CC34CC4)[nH]n2)c(F)cn1. The van der Waals surface area contributed by atoms with Gasteiger partial charge in [0.05, 0.1) is 25.0 Å². The Balaban J connectivity index is 1.26. The number of halogens is 2. The fraction of sp³-hybridized carbons (Fsp3) is 0.583. The number of aromatic nitrogens is 3. The average molecular weight is 489 g/mol. The van der Waals surface area contributed by atoms with Crippen molar-refractivity contribution in [1.82, 2.24) is 30.3 Å². The largest absolute Gasteiger partial charge is 0.481 e. The van der Waals surface area contributed by atoms with Crippen LogP contribution in [0, 0.1) is 11.7 Å². The minimum Gasteiger partial charge on any atom is -0.481 e. The molecular formula is C24H30F2N6O3. The van der Waals surface area contributed by atoms with Crippen LogP contribution in [0.25, 0.3) is 11.3 Å². The van der Waals surface area contributed by atoms with Gasteiger partial charge in [-0.2, -0.15) is 5.10 Å². The quantitative estimate of drug-likeness (QED) is 0.669. The number of pyridine rings is 1. The van der Waals surface area contributed by atoms with Gasteiger partial charge in [0.15, 0.2) is 5.82 Å². The van der Waals surface area contributed by atoms with Crippen LogP contribution in [0.4, 0.5) is 8.78 Å². The van der Waals surface area contributed by atoms with Gasteiger partial charge in [-0.3, -0.25) is 14.7 Å². The number of carbonyl (C=O) groups is 2. The lowest BCUT2D eigenvalue weighted by Gasteiger charge is -2.40. The van der Waals surface area contributed by atoms with Crippen LogP contribution in [-0.4, -0.2) is 88.3 Å². The summed E-state index contributed by atoms with van der Waals surface area (Å²) in [6.45, 7) is 1.61. The number of rotatable bonds is 5. The summed E-state index contributed by atoms with van der Waals surface area (Å²) in [5.74, 6) is -0.928. The Bertz CT molecular complexity index is 1120. The Morgan fingerprint density at radius 3 is 2.80 bits per heavy atom. The number of alkyl halides is 1. The van der Waals surface area contributed by atoms with Gasteiger partial charge in [0.25, 0.3) is 5.91 Å². The van der Waals surface area contributed by atoms with Gasteiger partial charge in [-0.1, -0.05) is 0 Å². The van der Waals surface area contributed by atoms with Crippen LogP contribution < -0.4 is 10.1 Å². The molecule has 5 rings (SSSR count). The zero-order valence-electron chi connectivity index (χ0n) is 19.9. The van der Waals surface area contributed by atoms with E-state index in [2.05, 4.69) is 20.5 Å². The molecule has 1 aliphatic carbocycles. The number of aromatic amines is 1. The minimum atomic E-state index is -1.04. The number of nitrogens with zero attached hydrogens (tertiary/aromatic N) is 4. The van der Waals surface area contributed by atoms with Crippen molar-refractivity contribution in [2.45, 2.75) is 49.9 Å². The third-order valence-electron chi connectivity index (χ3n) is 7.53. The number of piperidine rings is 2. The fourth-order valence-electron chi connectivity index (χ4n) is 5.32. The van der Waals surface area contributed by atoms with Gasteiger partial charge in [-0.25, -0.2) is 13.8 Å². The predicted octanol–water partition coefficient (Wildman–Crippen LogP) is 2.16. The smallest absolute Gasteiger partial charge is 0.272 e. The number of amides is 2. The highest BCUT2D eigenvalue weighted by atomic mass is 19.1. The summed E-state index contributed by atoms with van der Waals surface area (Å²) in [4.78, 5) is 34.0. The topological polar surface area (TPSA) is 103 Å². The van der Waals surface area contributed by atoms with Crippen molar-refractivity contribution in [1.29, 1.82) is 0 Å². The van der Waals surface area contributed by atoms with Crippen LogP contribution in [0.1, 0.15) is 42.6 Å². The maximum absolute atomic E-state index is 14.3. The standard InChI is InChI=1S/C24H30F2N6O3/c1-31-7-4-16(25)20(13-31)28-22(33)14-3-8-32(24(11-14)5-6-24)23(34)19-10-18(29-30-19)15-9-21(35-2)27-12-17(15)26/h9-10,12,14,16,20H,3-8,11,13H2,1-2H3,(H,28,33)(H,29,30)/t14?,16-,20+/m1/s1. The average Bonchev–Trinajstić information content (AvgIpc) is 3.42. The van der Waals surface area contributed by atoms with Crippen LogP contribution in [0.3, 0.4) is 0 Å². The maximum Gasteiger partial charge on any atom is 0.272 e. The molecule has 0 bridgehead atoms. The number of H-pyrrole nitrogens is 1. The summed E-state index contributed by atoms with van der Waals surface area (Å²) in [6, 6.07) is 2.46. The van der Waals surface area contributed by atoms with Gasteiger partial charge in [-0.05, 0) is 45.2 Å². The lowest BCUT2D eigenvalue weighted by atomic mass is 9.87. The van der Waals surface area contributed by atoms with E-state index in [4.69, 9.17) is 4.74 Å². The van der Waals surface area contributed by atoms with E-state index in [1.165, 1.54) is 19.2 Å². The number of nitrogens with one attached hydrogen (secondary N) is 2. The van der Waals surface area contributed by atoms with E-state index in [0.717, 1.165) is 19.0 Å². The first-order valence-corrected chi connectivity index (χ1v) is 12.0. The van der Waals surface area contributed by atoms with E-state index in [1.54, 1.807) is 0 Å². The molecule has 3 aliphatic rings. The minimum absolute atomic E-state index is 0.128. The molecule has 9 nitrogen and oxygen atoms in total. The molecule has 2 aromatic rings. The predicted molar refractivity (Wildman–Crippen MR) is 123 cm³/mol. The van der Waals surface area contributed by atoms with Gasteiger partial charge >= 0.3 is 0 Å². The summed E-state index contributed by atoms with van der Waals surface area (Å²) < 4.78 is 33.7. The molecule has 2 amide bonds. The highest BCUT2D eigenvalue weighted by Crippen LogP contribution is 2.50. The van der Waals surface area contributed by atoms with E-state index < -0.39 is 18.0 Å². The lowest BCUT2D eigenvalue weighted by Crippen LogP contribution is -2.56. The summed E-state index contributed by atoms with van der Waals surface area (Å²) in [7, 11) is 3.36. The van der Waals surface area contributed by atoms with Crippen LogP contribution in [0.2, 0.25) is 0 Å². The first-order chi connectivity index (χ1) is 16.8. The summed E-state index contributed by atoms with van der Waals surface area (Å²) >= 11 is 0. The van der Waals surface area contributed by atoms with E-state index in [9.17, 15) is 18.4 Å². The molecule has 1 saturated carbocycles. The molecule has 3 fully saturated rings. The third-order valence-corrected chi connectivity index (χ3v) is 7.53. The van der Waals surface area contributed by atoms with E-state index in [1.807, 2.05) is 16.8 Å². The Hall–Kier alpha value is -3.08. The first-order valence-electron chi connectivity index (χ1n) is 12.0. The Labute approximate surface area is 202 Å². The fourth-order valence-corrected chi connectivity index (χ4v) is 5.32. The first kappa shape index (κ1) is 23.7. The van der Waals surface area contributed by atoms with Gasteiger partial charge in [-0.15, -0.1) is 0 Å². The molecule has 2 saturated heterocycles. The highest BCUT2D eigenvalue weighted by molar-refractivity contribution is 5.94. The molecule has 2 N–H and O–H groups in total. The summed E-state index contributed by atoms with van der Waals surface area (Å²) in [5, 5.41) is 9.78. The Kier molecular flexibility index (Phi) is 6.20. The van der Waals surface area contributed by atoms with Crippen molar-refractivity contribution >= 4 is 11.8 Å². The third kappa shape index (κ3) is 4.61. The molecule has 35 heavy (non-hydrogen) atoms. The number of likely N-dealkylation sites (tertiary alicyclic amines) is 2. The number of ether oxygens (including phenoxy) is 1. The molecule has 11 heteroatoms. The molecule has 3 atom stereocenters. The molecule has 4 heterocycles. The van der Waals surface area contributed by atoms with Crippen molar-refractivity contribution in [3.63, 3.8) is 0 Å². The number of carbonyl (C=O) groups excluding carboxylic acids is 2. The Morgan fingerprint density at radius 2 is 2.06 bits per heavy atom. The molecule has 1 spiro atoms. The van der Waals surface area contributed by atoms with Crippen molar-refractivity contribution in [3.05, 3.63) is 29.8 Å². The van der Waals surface area contributed by atoms with Crippen molar-refractivity contribution in [2.75, 3.05) is 33.8 Å². The van der Waals surface area contributed by atoms with Crippen LogP contribution in [0.5, 0.6) is 5.88 Å². The van der Waals surface area contributed by atoms with E-state index in [0.29, 0.717) is 38.9 Å². The number of hydrogen-bond donors (Lipinski definition) is 2. The Morgan fingerprint density at radius 1 is 1.26 bits per heavy atom. The lowest BCUT2D eigenvalue weighted by molar-refractivity contribution is -0.129. The second-order valence-corrected chi connectivity index (χ2v) is 9.93. The van der Waals surface area contributed by atoms with Gasteiger partial charge in [0.2, 0.25) is 11.8 Å². The second kappa shape index (κ2) is 9.18. The zero-order chi connectivity index (χ0) is 24.7. The van der Waals surface area contributed by atoms with E-state index in [-0.39, 0.29) is 46.1 Å².